The number of ether oxygens (including phenoxy) is 1. The number of hydrogen-bond acceptors (Lipinski definition) is 4. The Morgan fingerprint density at radius 3 is 2.38 bits per heavy atom. The van der Waals surface area contributed by atoms with Crippen LogP contribution in [0.3, 0.4) is 0 Å². The van der Waals surface area contributed by atoms with Crippen LogP contribution >= 0.6 is 12.2 Å². The minimum Gasteiger partial charge on any atom is -0.465 e. The monoisotopic (exact) mass is 312 g/mol. The molecule has 0 aliphatic rings. The number of nitrogens with one attached hydrogen (secondary N) is 4. The standard InChI is InChI=1S/C13H20N4O3S/c1-6(2)14-13(21)17-16-11(18)10-7(3)9(8(4)15-10)12(19)20-5/h6,15H,1-5H3,(H,16,18)(H2,14,17,21). The van der Waals surface area contributed by atoms with Crippen molar-refractivity contribution in [3.63, 3.8) is 0 Å². The number of methoxy groups -OCH3 is 1. The Morgan fingerprint density at radius 1 is 1.24 bits per heavy atom. The summed E-state index contributed by atoms with van der Waals surface area (Å²) in [4.78, 5) is 26.6. The molecule has 0 atom stereocenters. The van der Waals surface area contributed by atoms with E-state index in [1.807, 2.05) is 13.8 Å². The van der Waals surface area contributed by atoms with Gasteiger partial charge in [0.25, 0.3) is 5.91 Å². The number of carbonyl (C=O) groups excluding carboxylic acids is 2. The summed E-state index contributed by atoms with van der Waals surface area (Å²) in [7, 11) is 1.30. The van der Waals surface area contributed by atoms with Gasteiger partial charge in [-0.15, -0.1) is 0 Å². The quantitative estimate of drug-likeness (QED) is 0.377. The van der Waals surface area contributed by atoms with E-state index in [0.29, 0.717) is 21.9 Å². The zero-order chi connectivity index (χ0) is 16.2. The number of carbonyl (C=O) groups is 2. The van der Waals surface area contributed by atoms with E-state index >= 15 is 0 Å². The van der Waals surface area contributed by atoms with Crippen LogP contribution in [0.2, 0.25) is 0 Å². The summed E-state index contributed by atoms with van der Waals surface area (Å²) in [6.07, 6.45) is 0. The Kier molecular flexibility index (Phi) is 5.71. The number of hydrogen-bond donors (Lipinski definition) is 4. The molecule has 1 aromatic rings. The normalized spacial score (nSPS) is 10.2. The minimum atomic E-state index is -0.481. The maximum Gasteiger partial charge on any atom is 0.339 e. The molecule has 0 aliphatic heterocycles. The molecule has 0 bridgehead atoms. The largest absolute Gasteiger partial charge is 0.465 e. The van der Waals surface area contributed by atoms with E-state index in [1.165, 1.54) is 7.11 Å². The first-order valence-electron chi connectivity index (χ1n) is 6.42. The zero-order valence-corrected chi connectivity index (χ0v) is 13.5. The van der Waals surface area contributed by atoms with Gasteiger partial charge in [-0.1, -0.05) is 0 Å². The molecule has 0 saturated carbocycles. The third-order valence-corrected chi connectivity index (χ3v) is 2.98. The lowest BCUT2D eigenvalue weighted by atomic mass is 10.1. The molecule has 1 amide bonds. The van der Waals surface area contributed by atoms with E-state index in [0.717, 1.165) is 0 Å². The van der Waals surface area contributed by atoms with Crippen LogP contribution < -0.4 is 16.2 Å². The van der Waals surface area contributed by atoms with Gasteiger partial charge in [-0.05, 0) is 45.5 Å². The van der Waals surface area contributed by atoms with Crippen LogP contribution in [0.4, 0.5) is 0 Å². The summed E-state index contributed by atoms with van der Waals surface area (Å²) in [5.41, 5.74) is 6.82. The van der Waals surface area contributed by atoms with Gasteiger partial charge in [-0.3, -0.25) is 15.6 Å². The van der Waals surface area contributed by atoms with Crippen LogP contribution in [0.15, 0.2) is 0 Å². The summed E-state index contributed by atoms with van der Waals surface area (Å²) < 4.78 is 4.70. The first kappa shape index (κ1) is 17.0. The number of esters is 1. The lowest BCUT2D eigenvalue weighted by molar-refractivity contribution is 0.0599. The Labute approximate surface area is 128 Å². The van der Waals surface area contributed by atoms with E-state index in [-0.39, 0.29) is 11.7 Å². The molecular weight excluding hydrogens is 292 g/mol. The van der Waals surface area contributed by atoms with Crippen LogP contribution in [0.25, 0.3) is 0 Å². The number of hydrazine groups is 1. The number of aromatic nitrogens is 1. The molecule has 0 fully saturated rings. The van der Waals surface area contributed by atoms with E-state index in [1.54, 1.807) is 13.8 Å². The predicted octanol–water partition coefficient (Wildman–Crippen LogP) is 0.935. The average Bonchev–Trinajstić information content (AvgIpc) is 2.70. The molecule has 0 saturated heterocycles. The highest BCUT2D eigenvalue weighted by molar-refractivity contribution is 7.80. The second-order valence-corrected chi connectivity index (χ2v) is 5.23. The number of aromatic amines is 1. The fourth-order valence-electron chi connectivity index (χ4n) is 1.86. The van der Waals surface area contributed by atoms with Crippen molar-refractivity contribution in [2.24, 2.45) is 0 Å². The van der Waals surface area contributed by atoms with Crippen molar-refractivity contribution in [2.75, 3.05) is 7.11 Å². The van der Waals surface area contributed by atoms with Crippen LogP contribution in [0, 0.1) is 13.8 Å². The SMILES string of the molecule is COC(=O)c1c(C)[nH]c(C(=O)NNC(=S)NC(C)C)c1C. The van der Waals surface area contributed by atoms with Crippen LogP contribution in [-0.2, 0) is 4.74 Å². The molecule has 1 rings (SSSR count). The topological polar surface area (TPSA) is 95.2 Å². The van der Waals surface area contributed by atoms with Gasteiger partial charge < -0.3 is 15.0 Å². The Morgan fingerprint density at radius 2 is 1.86 bits per heavy atom. The molecule has 0 unspecified atom stereocenters. The summed E-state index contributed by atoms with van der Waals surface area (Å²) in [6, 6.07) is 0.155. The first-order valence-corrected chi connectivity index (χ1v) is 6.83. The van der Waals surface area contributed by atoms with E-state index in [2.05, 4.69) is 21.2 Å². The molecule has 1 aromatic heterocycles. The van der Waals surface area contributed by atoms with Gasteiger partial charge in [-0.25, -0.2) is 4.79 Å². The highest BCUT2D eigenvalue weighted by Crippen LogP contribution is 2.18. The lowest BCUT2D eigenvalue weighted by Gasteiger charge is -2.13. The fraction of sp³-hybridized carbons (Fsp3) is 0.462. The van der Waals surface area contributed by atoms with Gasteiger partial charge in [-0.2, -0.15) is 0 Å². The summed E-state index contributed by atoms with van der Waals surface area (Å²) in [6.45, 7) is 7.23. The van der Waals surface area contributed by atoms with Crippen molar-refractivity contribution in [2.45, 2.75) is 33.7 Å². The molecular formula is C13H20N4O3S. The van der Waals surface area contributed by atoms with Crippen molar-refractivity contribution < 1.29 is 14.3 Å². The molecule has 0 aliphatic carbocycles. The third kappa shape index (κ3) is 4.19. The summed E-state index contributed by atoms with van der Waals surface area (Å²) in [5.74, 6) is -0.899. The molecule has 116 valence electrons. The summed E-state index contributed by atoms with van der Waals surface area (Å²) >= 11 is 5.00. The fourth-order valence-corrected chi connectivity index (χ4v) is 2.15. The molecule has 0 aromatic carbocycles. The van der Waals surface area contributed by atoms with Crippen molar-refractivity contribution >= 4 is 29.2 Å². The van der Waals surface area contributed by atoms with Crippen LogP contribution in [0.5, 0.6) is 0 Å². The van der Waals surface area contributed by atoms with Gasteiger partial charge in [0.2, 0.25) is 0 Å². The van der Waals surface area contributed by atoms with E-state index in [9.17, 15) is 9.59 Å². The van der Waals surface area contributed by atoms with Gasteiger partial charge in [0, 0.05) is 11.7 Å². The summed E-state index contributed by atoms with van der Waals surface area (Å²) in [5, 5.41) is 3.24. The van der Waals surface area contributed by atoms with Crippen molar-refractivity contribution in [1.82, 2.24) is 21.2 Å². The number of thiocarbonyl (C=S) groups is 1. The van der Waals surface area contributed by atoms with Gasteiger partial charge in [0.15, 0.2) is 5.11 Å². The highest BCUT2D eigenvalue weighted by atomic mass is 32.1. The van der Waals surface area contributed by atoms with Gasteiger partial charge in [0.1, 0.15) is 5.69 Å². The Hall–Kier alpha value is -2.09. The van der Waals surface area contributed by atoms with E-state index in [4.69, 9.17) is 17.0 Å². The van der Waals surface area contributed by atoms with Crippen molar-refractivity contribution in [3.8, 4) is 0 Å². The maximum absolute atomic E-state index is 12.1. The first-order chi connectivity index (χ1) is 9.77. The smallest absolute Gasteiger partial charge is 0.339 e. The number of amides is 1. The van der Waals surface area contributed by atoms with Crippen molar-refractivity contribution in [1.29, 1.82) is 0 Å². The van der Waals surface area contributed by atoms with Crippen LogP contribution in [-0.4, -0.2) is 35.1 Å². The van der Waals surface area contributed by atoms with Crippen LogP contribution in [0.1, 0.15) is 46.0 Å². The molecule has 8 heteroatoms. The predicted molar refractivity (Wildman–Crippen MR) is 83.1 cm³/mol. The van der Waals surface area contributed by atoms with Gasteiger partial charge >= 0.3 is 5.97 Å². The highest BCUT2D eigenvalue weighted by Gasteiger charge is 2.22. The molecule has 1 heterocycles. The number of H-pyrrole nitrogens is 1. The third-order valence-electron chi connectivity index (χ3n) is 2.76. The molecule has 21 heavy (non-hydrogen) atoms. The molecule has 4 N–H and O–H groups in total. The molecule has 7 nitrogen and oxygen atoms in total. The number of aryl methyl sites for hydroxylation is 1. The second kappa shape index (κ2) is 7.07. The molecule has 0 radical (unpaired) electrons. The Balaban J connectivity index is 2.80. The zero-order valence-electron chi connectivity index (χ0n) is 12.7. The number of rotatable bonds is 3. The minimum absolute atomic E-state index is 0.155. The van der Waals surface area contributed by atoms with Crippen molar-refractivity contribution in [3.05, 3.63) is 22.5 Å². The average molecular weight is 312 g/mol. The second-order valence-electron chi connectivity index (χ2n) is 4.82. The maximum atomic E-state index is 12.1. The lowest BCUT2D eigenvalue weighted by Crippen LogP contribution is -2.48. The Bertz CT molecular complexity index is 566. The molecule has 0 spiro atoms. The van der Waals surface area contributed by atoms with E-state index < -0.39 is 11.9 Å². The van der Waals surface area contributed by atoms with Gasteiger partial charge in [0.05, 0.1) is 12.7 Å².